The summed E-state index contributed by atoms with van der Waals surface area (Å²) in [6.45, 7) is 2.13. The van der Waals surface area contributed by atoms with Gasteiger partial charge in [-0.25, -0.2) is 19.3 Å². The van der Waals surface area contributed by atoms with Crippen LogP contribution in [0.15, 0.2) is 36.4 Å². The maximum absolute atomic E-state index is 12.7. The lowest BCUT2D eigenvalue weighted by Crippen LogP contribution is -2.32. The van der Waals surface area contributed by atoms with Crippen LogP contribution in [0.5, 0.6) is 11.5 Å². The molecule has 0 unspecified atom stereocenters. The third-order valence-corrected chi connectivity index (χ3v) is 8.39. The van der Waals surface area contributed by atoms with Crippen molar-refractivity contribution in [3.8, 4) is 11.5 Å². The number of aromatic hydroxyl groups is 1. The van der Waals surface area contributed by atoms with E-state index < -0.39 is 31.4 Å². The topological polar surface area (TPSA) is 224 Å². The van der Waals surface area contributed by atoms with Crippen LogP contribution in [-0.4, -0.2) is 58.1 Å². The van der Waals surface area contributed by atoms with Crippen molar-refractivity contribution in [1.29, 1.82) is 0 Å². The molecule has 0 bridgehead atoms. The summed E-state index contributed by atoms with van der Waals surface area (Å²) in [5, 5.41) is 12.1. The largest absolute Gasteiger partial charge is 0.524 e. The second kappa shape index (κ2) is 14.5. The number of ketones is 1. The maximum Gasteiger partial charge on any atom is 0.524 e. The van der Waals surface area contributed by atoms with Gasteiger partial charge in [-0.15, -0.1) is 5.06 Å². The number of phenolic OH excluding ortho intramolecular Hbond substituents is 1. The number of carbonyl (C=O) groups is 4. The highest BCUT2D eigenvalue weighted by Gasteiger charge is 2.32. The number of nitrogens with two attached hydrogens (primary N) is 1. The number of benzene rings is 2. The molecule has 2 aromatic heterocycles. The van der Waals surface area contributed by atoms with Crippen LogP contribution in [0, 0.1) is 0 Å². The fraction of sp³-hybridized carbons (Fsp3) is 0.375. The van der Waals surface area contributed by atoms with Crippen LogP contribution in [0.2, 0.25) is 0 Å². The molecule has 1 fully saturated rings. The number of imidazole rings is 1. The summed E-state index contributed by atoms with van der Waals surface area (Å²) in [5.41, 5.74) is 9.26. The van der Waals surface area contributed by atoms with E-state index in [9.17, 15) is 38.6 Å². The van der Waals surface area contributed by atoms with E-state index in [0.717, 1.165) is 23.8 Å². The number of para-hydroxylation sites is 1. The fourth-order valence-electron chi connectivity index (χ4n) is 5.57. The number of rotatable bonds is 15. The van der Waals surface area contributed by atoms with Gasteiger partial charge in [-0.05, 0) is 43.0 Å². The van der Waals surface area contributed by atoms with Gasteiger partial charge in [-0.3, -0.25) is 24.2 Å². The molecule has 0 saturated carbocycles. The lowest BCUT2D eigenvalue weighted by Gasteiger charge is -2.15. The highest BCUT2D eigenvalue weighted by atomic mass is 31.2. The molecule has 2 amide bonds. The average molecular weight is 682 g/mol. The number of aryl methyl sites for hydroxylation is 2. The Morgan fingerprint density at radius 1 is 1.00 bits per heavy atom. The molecular weight excluding hydrogens is 645 g/mol. The molecule has 5 rings (SSSR count). The number of hydroxylamine groups is 2. The molecule has 0 spiro atoms. The Kier molecular flexibility index (Phi) is 10.4. The molecule has 1 saturated heterocycles. The van der Waals surface area contributed by atoms with E-state index >= 15 is 0 Å². The van der Waals surface area contributed by atoms with E-state index in [1.165, 1.54) is 12.1 Å². The first kappa shape index (κ1) is 34.5. The van der Waals surface area contributed by atoms with Crippen LogP contribution < -0.4 is 10.3 Å². The molecule has 0 aliphatic carbocycles. The van der Waals surface area contributed by atoms with Crippen molar-refractivity contribution in [2.24, 2.45) is 0 Å². The number of fused-ring (bicyclic) bond motifs is 3. The third-order valence-electron chi connectivity index (χ3n) is 7.96. The van der Waals surface area contributed by atoms with Crippen LogP contribution >= 0.6 is 7.82 Å². The molecule has 4 aromatic rings. The summed E-state index contributed by atoms with van der Waals surface area (Å²) >= 11 is 0. The number of nitrogens with zero attached hydrogens (tertiary/aromatic N) is 4. The third kappa shape index (κ3) is 7.98. The monoisotopic (exact) mass is 681 g/mol. The van der Waals surface area contributed by atoms with Crippen LogP contribution in [0.1, 0.15) is 75.2 Å². The Labute approximate surface area is 274 Å². The SMILES string of the molecule is CCCCc1nc2c(N)nc3ccc(CCC(=O)CCCC(=O)ON4C(=O)CCC4=O)cc3c2n1Cc1cccc(OP(=O)(O)O)c1O. The molecule has 3 heterocycles. The summed E-state index contributed by atoms with van der Waals surface area (Å²) in [6, 6.07) is 9.96. The Morgan fingerprint density at radius 3 is 2.46 bits per heavy atom. The number of imide groups is 1. The predicted octanol–water partition coefficient (Wildman–Crippen LogP) is 4.01. The minimum atomic E-state index is -4.92. The molecule has 254 valence electrons. The zero-order chi connectivity index (χ0) is 34.6. The van der Waals surface area contributed by atoms with Crippen molar-refractivity contribution in [1.82, 2.24) is 19.6 Å². The molecule has 0 radical (unpaired) electrons. The quantitative estimate of drug-likeness (QED) is 0.103. The number of phenols is 1. The van der Waals surface area contributed by atoms with E-state index in [-0.39, 0.29) is 62.4 Å². The van der Waals surface area contributed by atoms with E-state index in [1.54, 1.807) is 12.1 Å². The van der Waals surface area contributed by atoms with Crippen molar-refractivity contribution < 1.29 is 48.0 Å². The van der Waals surface area contributed by atoms with Crippen LogP contribution in [0.25, 0.3) is 21.9 Å². The first-order valence-corrected chi connectivity index (χ1v) is 17.1. The first-order chi connectivity index (χ1) is 22.8. The number of carbonyl (C=O) groups excluding carboxylic acids is 4. The Balaban J connectivity index is 1.36. The van der Waals surface area contributed by atoms with Crippen LogP contribution in [0.4, 0.5) is 5.82 Å². The number of aromatic nitrogens is 3. The van der Waals surface area contributed by atoms with Gasteiger partial charge in [0, 0.05) is 49.5 Å². The van der Waals surface area contributed by atoms with E-state index in [2.05, 4.69) is 9.51 Å². The molecule has 0 atom stereocenters. The number of phosphoric acid groups is 1. The molecule has 15 nitrogen and oxygen atoms in total. The van der Waals surface area contributed by atoms with Gasteiger partial charge in [0.2, 0.25) is 0 Å². The van der Waals surface area contributed by atoms with Crippen LogP contribution in [0.3, 0.4) is 0 Å². The highest BCUT2D eigenvalue weighted by molar-refractivity contribution is 7.46. The average Bonchev–Trinajstić information content (AvgIpc) is 3.55. The molecule has 2 aromatic carbocycles. The lowest BCUT2D eigenvalue weighted by molar-refractivity contribution is -0.197. The number of hydrogen-bond acceptors (Lipinski definition) is 11. The van der Waals surface area contributed by atoms with E-state index in [0.29, 0.717) is 45.8 Å². The molecular formula is C32H36N5O10P. The van der Waals surface area contributed by atoms with Crippen molar-refractivity contribution in [2.45, 2.75) is 77.7 Å². The van der Waals surface area contributed by atoms with Crippen LogP contribution in [-0.2, 0) is 48.0 Å². The Bertz CT molecular complexity index is 1940. The Hall–Kier alpha value is -4.85. The van der Waals surface area contributed by atoms with Gasteiger partial charge < -0.3 is 24.8 Å². The van der Waals surface area contributed by atoms with Gasteiger partial charge >= 0.3 is 13.8 Å². The van der Waals surface area contributed by atoms with Crippen molar-refractivity contribution in [3.63, 3.8) is 0 Å². The molecule has 5 N–H and O–H groups in total. The van der Waals surface area contributed by atoms with E-state index in [1.807, 2.05) is 23.6 Å². The standard InChI is InChI=1S/C32H36N5O10P/c1-2-3-9-25-35-29-30(36(25)18-20-6-4-8-24(31(20)42)47-48(43,44)45)22-17-19(12-14-23(22)34-32(29)33)11-13-21(38)7-5-10-28(41)46-37-26(39)15-16-27(37)40/h4,6,8,12,14,17,42H,2-3,5,7,9-11,13,15-16,18H2,1H3,(H2,33,34)(H2,43,44,45). The number of Topliss-reactive ketones (excluding diaryl/α,β-unsaturated/α-hetero) is 1. The van der Waals surface area contributed by atoms with Gasteiger partial charge in [-0.2, -0.15) is 0 Å². The van der Waals surface area contributed by atoms with Gasteiger partial charge in [-0.1, -0.05) is 31.5 Å². The first-order valence-electron chi connectivity index (χ1n) is 15.6. The molecule has 16 heteroatoms. The number of amides is 2. The summed E-state index contributed by atoms with van der Waals surface area (Å²) in [6.07, 6.45) is 3.15. The second-order valence-electron chi connectivity index (χ2n) is 11.5. The fourth-order valence-corrected chi connectivity index (χ4v) is 5.97. The smallest absolute Gasteiger partial charge is 0.504 e. The van der Waals surface area contributed by atoms with Gasteiger partial charge in [0.15, 0.2) is 17.3 Å². The summed E-state index contributed by atoms with van der Waals surface area (Å²) in [5.74, 6) is -1.81. The Morgan fingerprint density at radius 2 is 1.75 bits per heavy atom. The minimum Gasteiger partial charge on any atom is -0.504 e. The molecule has 1 aliphatic heterocycles. The minimum absolute atomic E-state index is 0.00536. The number of hydrogen-bond donors (Lipinski definition) is 4. The summed E-state index contributed by atoms with van der Waals surface area (Å²) < 4.78 is 18.0. The molecule has 1 aliphatic rings. The van der Waals surface area contributed by atoms with Crippen molar-refractivity contribution in [2.75, 3.05) is 5.73 Å². The van der Waals surface area contributed by atoms with Crippen molar-refractivity contribution >= 4 is 59.1 Å². The number of anilines is 1. The molecule has 48 heavy (non-hydrogen) atoms. The van der Waals surface area contributed by atoms with E-state index in [4.69, 9.17) is 15.6 Å². The zero-order valence-electron chi connectivity index (χ0n) is 26.3. The summed E-state index contributed by atoms with van der Waals surface area (Å²) in [7, 11) is -4.92. The zero-order valence-corrected chi connectivity index (χ0v) is 27.1. The highest BCUT2D eigenvalue weighted by Crippen LogP contribution is 2.43. The van der Waals surface area contributed by atoms with Crippen molar-refractivity contribution in [3.05, 3.63) is 53.3 Å². The number of unbranched alkanes of at least 4 members (excludes halogenated alkanes) is 1. The van der Waals surface area contributed by atoms with Gasteiger partial charge in [0.05, 0.1) is 17.6 Å². The number of phosphoric ester groups is 1. The lowest BCUT2D eigenvalue weighted by atomic mass is 10.0. The van der Waals surface area contributed by atoms with Gasteiger partial charge in [0.25, 0.3) is 11.8 Å². The predicted molar refractivity (Wildman–Crippen MR) is 172 cm³/mol. The second-order valence-corrected chi connectivity index (χ2v) is 12.7. The number of nitrogen functional groups attached to an aromatic ring is 1. The maximum atomic E-state index is 12.7. The number of pyridine rings is 1. The normalized spacial score (nSPS) is 13.5. The summed E-state index contributed by atoms with van der Waals surface area (Å²) in [4.78, 5) is 80.7. The van der Waals surface area contributed by atoms with Gasteiger partial charge in [0.1, 0.15) is 17.1 Å².